The summed E-state index contributed by atoms with van der Waals surface area (Å²) in [5.41, 5.74) is 1.89. The molecule has 4 rings (SSSR count). The molecule has 8 heteroatoms. The van der Waals surface area contributed by atoms with Crippen LogP contribution >= 0.6 is 0 Å². The normalized spacial score (nSPS) is 14.7. The van der Waals surface area contributed by atoms with E-state index in [0.717, 1.165) is 42.2 Å². The number of hydrogen-bond acceptors (Lipinski definition) is 6. The Labute approximate surface area is 175 Å². The average Bonchev–Trinajstić information content (AvgIpc) is 3.19. The Morgan fingerprint density at radius 2 is 1.73 bits per heavy atom. The lowest BCUT2D eigenvalue weighted by Crippen LogP contribution is -2.49. The molecule has 30 heavy (non-hydrogen) atoms. The van der Waals surface area contributed by atoms with Gasteiger partial charge in [-0.3, -0.25) is 9.69 Å². The molecule has 0 bridgehead atoms. The van der Waals surface area contributed by atoms with E-state index in [9.17, 15) is 4.79 Å². The summed E-state index contributed by atoms with van der Waals surface area (Å²) in [6.45, 7) is 3.69. The van der Waals surface area contributed by atoms with Crippen LogP contribution in [0.25, 0.3) is 11.0 Å². The quantitative estimate of drug-likeness (QED) is 0.644. The first-order valence-corrected chi connectivity index (χ1v) is 9.94. The zero-order chi connectivity index (χ0) is 20.9. The number of fused-ring (bicyclic) bond motifs is 1. The minimum Gasteiger partial charge on any atom is -0.497 e. The van der Waals surface area contributed by atoms with E-state index in [4.69, 9.17) is 14.2 Å². The number of nitrogens with zero attached hydrogens (tertiary/aromatic N) is 3. The number of benzene rings is 2. The van der Waals surface area contributed by atoms with Gasteiger partial charge in [-0.15, -0.1) is 0 Å². The lowest BCUT2D eigenvalue weighted by Gasteiger charge is -2.34. The van der Waals surface area contributed by atoms with E-state index in [0.29, 0.717) is 24.6 Å². The highest BCUT2D eigenvalue weighted by atomic mass is 16.5. The molecule has 2 aromatic carbocycles. The molecule has 1 aromatic heterocycles. The molecule has 0 radical (unpaired) electrons. The maximum absolute atomic E-state index is 12.5. The predicted octanol–water partition coefficient (Wildman–Crippen LogP) is 2.30. The van der Waals surface area contributed by atoms with Crippen LogP contribution in [0.1, 0.15) is 5.82 Å². The van der Waals surface area contributed by atoms with Gasteiger partial charge in [0.15, 0.2) is 6.61 Å². The minimum absolute atomic E-state index is 0.00620. The fourth-order valence-electron chi connectivity index (χ4n) is 3.54. The van der Waals surface area contributed by atoms with Crippen LogP contribution in [0.15, 0.2) is 42.5 Å². The molecule has 1 aliphatic heterocycles. The van der Waals surface area contributed by atoms with Gasteiger partial charge in [0.05, 0.1) is 31.8 Å². The first kappa shape index (κ1) is 20.0. The molecule has 1 fully saturated rings. The Morgan fingerprint density at radius 1 is 1.00 bits per heavy atom. The molecule has 1 saturated heterocycles. The highest BCUT2D eigenvalue weighted by molar-refractivity contribution is 5.78. The van der Waals surface area contributed by atoms with Gasteiger partial charge in [0, 0.05) is 38.3 Å². The Bertz CT molecular complexity index is 1010. The number of H-pyrrole nitrogens is 1. The zero-order valence-corrected chi connectivity index (χ0v) is 17.3. The van der Waals surface area contributed by atoms with Crippen LogP contribution in [-0.2, 0) is 11.3 Å². The van der Waals surface area contributed by atoms with Crippen LogP contribution in [0.2, 0.25) is 0 Å². The summed E-state index contributed by atoms with van der Waals surface area (Å²) in [7, 11) is 3.26. The Hall–Kier alpha value is -3.26. The van der Waals surface area contributed by atoms with Gasteiger partial charge in [0.1, 0.15) is 23.1 Å². The van der Waals surface area contributed by atoms with Crippen molar-refractivity contribution in [3.63, 3.8) is 0 Å². The average molecular weight is 410 g/mol. The number of aromatic nitrogens is 2. The Balaban J connectivity index is 1.26. The lowest BCUT2D eigenvalue weighted by molar-refractivity contribution is -0.135. The third-order valence-electron chi connectivity index (χ3n) is 5.24. The van der Waals surface area contributed by atoms with Crippen molar-refractivity contribution in [3.05, 3.63) is 48.3 Å². The second-order valence-corrected chi connectivity index (χ2v) is 7.19. The highest BCUT2D eigenvalue weighted by Crippen LogP contribution is 2.20. The number of hydrogen-bond donors (Lipinski definition) is 1. The molecule has 8 nitrogen and oxygen atoms in total. The minimum atomic E-state index is -0.00620. The van der Waals surface area contributed by atoms with E-state index in [-0.39, 0.29) is 12.5 Å². The number of methoxy groups -OCH3 is 2. The smallest absolute Gasteiger partial charge is 0.260 e. The Morgan fingerprint density at radius 3 is 2.50 bits per heavy atom. The van der Waals surface area contributed by atoms with Crippen molar-refractivity contribution in [2.75, 3.05) is 47.0 Å². The summed E-state index contributed by atoms with van der Waals surface area (Å²) >= 11 is 0. The van der Waals surface area contributed by atoms with Gasteiger partial charge in [0.2, 0.25) is 0 Å². The standard InChI is InChI=1S/C22H26N4O4/c1-28-16-4-3-5-18(12-16)30-15-22(27)26-10-8-25(9-11-26)14-21-23-19-7-6-17(29-2)13-20(19)24-21/h3-7,12-13H,8-11,14-15H2,1-2H3,(H,23,24). The number of nitrogens with one attached hydrogen (secondary N) is 1. The molecule has 0 unspecified atom stereocenters. The predicted molar refractivity (Wildman–Crippen MR) is 113 cm³/mol. The van der Waals surface area contributed by atoms with Gasteiger partial charge in [-0.2, -0.15) is 0 Å². The molecule has 2 heterocycles. The summed E-state index contributed by atoms with van der Waals surface area (Å²) < 4.78 is 16.1. The van der Waals surface area contributed by atoms with Crippen molar-refractivity contribution in [1.29, 1.82) is 0 Å². The number of aromatic amines is 1. The SMILES string of the molecule is COc1cccc(OCC(=O)N2CCN(Cc3nc4ccc(OC)cc4[nH]3)CC2)c1. The number of piperazine rings is 1. The van der Waals surface area contributed by atoms with Crippen molar-refractivity contribution in [1.82, 2.24) is 19.8 Å². The van der Waals surface area contributed by atoms with Gasteiger partial charge in [0.25, 0.3) is 5.91 Å². The topological polar surface area (TPSA) is 79.9 Å². The van der Waals surface area contributed by atoms with E-state index in [1.807, 2.05) is 41.3 Å². The van der Waals surface area contributed by atoms with Crippen molar-refractivity contribution in [2.45, 2.75) is 6.54 Å². The van der Waals surface area contributed by atoms with Crippen LogP contribution in [-0.4, -0.2) is 72.7 Å². The van der Waals surface area contributed by atoms with E-state index in [1.165, 1.54) is 0 Å². The third-order valence-corrected chi connectivity index (χ3v) is 5.24. The molecule has 1 N–H and O–H groups in total. The van der Waals surface area contributed by atoms with Crippen molar-refractivity contribution in [2.24, 2.45) is 0 Å². The van der Waals surface area contributed by atoms with Crippen LogP contribution in [0.5, 0.6) is 17.2 Å². The van der Waals surface area contributed by atoms with E-state index in [1.54, 1.807) is 20.3 Å². The number of imidazole rings is 1. The second kappa shape index (κ2) is 9.04. The van der Waals surface area contributed by atoms with Crippen LogP contribution in [0.4, 0.5) is 0 Å². The largest absolute Gasteiger partial charge is 0.497 e. The molecule has 3 aromatic rings. The second-order valence-electron chi connectivity index (χ2n) is 7.19. The van der Waals surface area contributed by atoms with Gasteiger partial charge in [-0.1, -0.05) is 6.07 Å². The fourth-order valence-corrected chi connectivity index (χ4v) is 3.54. The summed E-state index contributed by atoms with van der Waals surface area (Å²) in [5.74, 6) is 3.05. The summed E-state index contributed by atoms with van der Waals surface area (Å²) in [6, 6.07) is 13.1. The molecule has 1 aliphatic rings. The first-order chi connectivity index (χ1) is 14.6. The van der Waals surface area contributed by atoms with Crippen LogP contribution in [0.3, 0.4) is 0 Å². The molecule has 0 atom stereocenters. The third kappa shape index (κ3) is 4.65. The van der Waals surface area contributed by atoms with Gasteiger partial charge >= 0.3 is 0 Å². The van der Waals surface area contributed by atoms with Gasteiger partial charge < -0.3 is 24.1 Å². The molecule has 1 amide bonds. The highest BCUT2D eigenvalue weighted by Gasteiger charge is 2.22. The molecule has 0 saturated carbocycles. The molecular formula is C22H26N4O4. The maximum Gasteiger partial charge on any atom is 0.260 e. The summed E-state index contributed by atoms with van der Waals surface area (Å²) in [6.07, 6.45) is 0. The van der Waals surface area contributed by atoms with E-state index >= 15 is 0 Å². The lowest BCUT2D eigenvalue weighted by atomic mass is 10.3. The maximum atomic E-state index is 12.5. The van der Waals surface area contributed by atoms with Crippen molar-refractivity contribution < 1.29 is 19.0 Å². The zero-order valence-electron chi connectivity index (χ0n) is 17.3. The van der Waals surface area contributed by atoms with Gasteiger partial charge in [-0.25, -0.2) is 4.98 Å². The Kier molecular flexibility index (Phi) is 6.04. The number of carbonyl (C=O) groups excluding carboxylic acids is 1. The van der Waals surface area contributed by atoms with Gasteiger partial charge in [-0.05, 0) is 24.3 Å². The van der Waals surface area contributed by atoms with Crippen LogP contribution in [0, 0.1) is 0 Å². The molecular weight excluding hydrogens is 384 g/mol. The number of ether oxygens (including phenoxy) is 3. The monoisotopic (exact) mass is 410 g/mol. The number of rotatable bonds is 7. The summed E-state index contributed by atoms with van der Waals surface area (Å²) in [4.78, 5) is 24.6. The summed E-state index contributed by atoms with van der Waals surface area (Å²) in [5, 5.41) is 0. The first-order valence-electron chi connectivity index (χ1n) is 9.94. The van der Waals surface area contributed by atoms with E-state index in [2.05, 4.69) is 14.9 Å². The van der Waals surface area contributed by atoms with E-state index < -0.39 is 0 Å². The van der Waals surface area contributed by atoms with Crippen molar-refractivity contribution >= 4 is 16.9 Å². The molecule has 0 aliphatic carbocycles. The van der Waals surface area contributed by atoms with Crippen molar-refractivity contribution in [3.8, 4) is 17.2 Å². The molecule has 158 valence electrons. The fraction of sp³-hybridized carbons (Fsp3) is 0.364. The number of amides is 1. The number of carbonyl (C=O) groups is 1. The molecule has 0 spiro atoms. The van der Waals surface area contributed by atoms with Crippen LogP contribution < -0.4 is 14.2 Å².